The summed E-state index contributed by atoms with van der Waals surface area (Å²) in [6, 6.07) is 6.98. The molecule has 1 unspecified atom stereocenters. The SMILES string of the molecule is Cc1ccc(C(=O)C(CC(=O)O)CN(C)CCC(=O)O)cc1. The molecule has 0 heterocycles. The zero-order valence-corrected chi connectivity index (χ0v) is 12.8. The Morgan fingerprint density at radius 2 is 1.68 bits per heavy atom. The minimum atomic E-state index is -1.04. The average molecular weight is 307 g/mol. The molecular formula is C16H21NO5. The van der Waals surface area contributed by atoms with Gasteiger partial charge < -0.3 is 15.1 Å². The number of ketones is 1. The van der Waals surface area contributed by atoms with E-state index in [1.807, 2.05) is 6.92 Å². The monoisotopic (exact) mass is 307 g/mol. The summed E-state index contributed by atoms with van der Waals surface area (Å²) in [5, 5.41) is 17.7. The number of Topliss-reactive ketones (excluding diaryl/α,β-unsaturated/α-hetero) is 1. The van der Waals surface area contributed by atoms with Crippen LogP contribution in [-0.4, -0.2) is 53.0 Å². The second-order valence-corrected chi connectivity index (χ2v) is 5.43. The Kier molecular flexibility index (Phi) is 6.72. The summed E-state index contributed by atoms with van der Waals surface area (Å²) in [5.41, 5.74) is 1.49. The summed E-state index contributed by atoms with van der Waals surface area (Å²) in [7, 11) is 1.68. The van der Waals surface area contributed by atoms with E-state index < -0.39 is 17.9 Å². The van der Waals surface area contributed by atoms with Gasteiger partial charge in [-0.05, 0) is 14.0 Å². The molecule has 1 atom stereocenters. The van der Waals surface area contributed by atoms with Crippen molar-refractivity contribution in [3.63, 3.8) is 0 Å². The third-order valence-corrected chi connectivity index (χ3v) is 3.37. The fourth-order valence-corrected chi connectivity index (χ4v) is 2.16. The van der Waals surface area contributed by atoms with Crippen LogP contribution < -0.4 is 0 Å². The van der Waals surface area contributed by atoms with E-state index in [0.717, 1.165) is 5.56 Å². The smallest absolute Gasteiger partial charge is 0.304 e. The van der Waals surface area contributed by atoms with E-state index in [1.165, 1.54) is 0 Å². The fourth-order valence-electron chi connectivity index (χ4n) is 2.16. The number of aryl methyl sites for hydroxylation is 1. The molecule has 0 aliphatic heterocycles. The molecule has 0 amide bonds. The average Bonchev–Trinajstić information content (AvgIpc) is 2.44. The normalized spacial score (nSPS) is 12.1. The number of rotatable bonds is 9. The quantitative estimate of drug-likeness (QED) is 0.674. The van der Waals surface area contributed by atoms with Crippen molar-refractivity contribution in [1.29, 1.82) is 0 Å². The van der Waals surface area contributed by atoms with Crippen molar-refractivity contribution in [3.8, 4) is 0 Å². The Balaban J connectivity index is 2.78. The minimum absolute atomic E-state index is 0.0466. The van der Waals surface area contributed by atoms with Gasteiger partial charge in [-0.2, -0.15) is 0 Å². The van der Waals surface area contributed by atoms with Crippen molar-refractivity contribution >= 4 is 17.7 Å². The zero-order valence-electron chi connectivity index (χ0n) is 12.8. The highest BCUT2D eigenvalue weighted by atomic mass is 16.4. The molecule has 120 valence electrons. The van der Waals surface area contributed by atoms with Crippen molar-refractivity contribution in [2.75, 3.05) is 20.1 Å². The summed E-state index contributed by atoms with van der Waals surface area (Å²) in [6.45, 7) is 2.39. The number of carbonyl (C=O) groups excluding carboxylic acids is 1. The van der Waals surface area contributed by atoms with Gasteiger partial charge in [0.05, 0.1) is 12.8 Å². The van der Waals surface area contributed by atoms with Crippen molar-refractivity contribution in [2.45, 2.75) is 19.8 Å². The van der Waals surface area contributed by atoms with Crippen LogP contribution in [0.15, 0.2) is 24.3 Å². The van der Waals surface area contributed by atoms with E-state index in [4.69, 9.17) is 10.2 Å². The van der Waals surface area contributed by atoms with Gasteiger partial charge in [0.2, 0.25) is 0 Å². The molecule has 0 bridgehead atoms. The largest absolute Gasteiger partial charge is 0.481 e. The first-order valence-electron chi connectivity index (χ1n) is 7.02. The molecule has 1 rings (SSSR count). The van der Waals surface area contributed by atoms with Gasteiger partial charge in [-0.15, -0.1) is 0 Å². The molecule has 0 aliphatic rings. The van der Waals surface area contributed by atoms with Crippen molar-refractivity contribution in [1.82, 2.24) is 4.90 Å². The molecule has 0 fully saturated rings. The molecule has 0 radical (unpaired) electrons. The number of nitrogens with zero attached hydrogens (tertiary/aromatic N) is 1. The molecule has 22 heavy (non-hydrogen) atoms. The van der Waals surface area contributed by atoms with E-state index in [1.54, 1.807) is 36.2 Å². The maximum absolute atomic E-state index is 12.5. The van der Waals surface area contributed by atoms with Gasteiger partial charge in [-0.3, -0.25) is 14.4 Å². The van der Waals surface area contributed by atoms with E-state index in [9.17, 15) is 14.4 Å². The summed E-state index contributed by atoms with van der Waals surface area (Å²) < 4.78 is 0. The first-order valence-corrected chi connectivity index (χ1v) is 7.02. The van der Waals surface area contributed by atoms with Gasteiger partial charge in [0, 0.05) is 24.6 Å². The first-order chi connectivity index (χ1) is 10.3. The van der Waals surface area contributed by atoms with Crippen molar-refractivity contribution in [3.05, 3.63) is 35.4 Å². The minimum Gasteiger partial charge on any atom is -0.481 e. The predicted octanol–water partition coefficient (Wildman–Crippen LogP) is 1.68. The molecule has 0 spiro atoms. The lowest BCUT2D eigenvalue weighted by molar-refractivity contribution is -0.139. The highest BCUT2D eigenvalue weighted by Crippen LogP contribution is 2.15. The second kappa shape index (κ2) is 8.29. The van der Waals surface area contributed by atoms with Gasteiger partial charge in [-0.25, -0.2) is 0 Å². The van der Waals surface area contributed by atoms with E-state index >= 15 is 0 Å². The van der Waals surface area contributed by atoms with Gasteiger partial charge in [0.25, 0.3) is 0 Å². The van der Waals surface area contributed by atoms with Crippen LogP contribution in [0.25, 0.3) is 0 Å². The molecule has 2 N–H and O–H groups in total. The van der Waals surface area contributed by atoms with Gasteiger partial charge >= 0.3 is 11.9 Å². The highest BCUT2D eigenvalue weighted by molar-refractivity contribution is 5.99. The van der Waals surface area contributed by atoms with Crippen LogP contribution in [0.4, 0.5) is 0 Å². The van der Waals surface area contributed by atoms with Gasteiger partial charge in [0.15, 0.2) is 5.78 Å². The van der Waals surface area contributed by atoms with Crippen LogP contribution in [-0.2, 0) is 9.59 Å². The van der Waals surface area contributed by atoms with Crippen LogP contribution in [0.3, 0.4) is 0 Å². The molecule has 0 saturated carbocycles. The molecular weight excluding hydrogens is 286 g/mol. The molecule has 0 saturated heterocycles. The summed E-state index contributed by atoms with van der Waals surface area (Å²) in [6.07, 6.45) is -0.320. The molecule has 6 heteroatoms. The summed E-state index contributed by atoms with van der Waals surface area (Å²) in [4.78, 5) is 35.7. The van der Waals surface area contributed by atoms with Crippen molar-refractivity contribution in [2.24, 2.45) is 5.92 Å². The van der Waals surface area contributed by atoms with Crippen LogP contribution in [0.1, 0.15) is 28.8 Å². The maximum atomic E-state index is 12.5. The Morgan fingerprint density at radius 3 is 2.18 bits per heavy atom. The Hall–Kier alpha value is -2.21. The predicted molar refractivity (Wildman–Crippen MR) is 81.0 cm³/mol. The third kappa shape index (κ3) is 6.05. The number of benzene rings is 1. The Bertz CT molecular complexity index is 538. The third-order valence-electron chi connectivity index (χ3n) is 3.37. The van der Waals surface area contributed by atoms with Crippen LogP contribution in [0.5, 0.6) is 0 Å². The summed E-state index contributed by atoms with van der Waals surface area (Å²) >= 11 is 0. The first kappa shape index (κ1) is 17.8. The molecule has 1 aromatic carbocycles. The lowest BCUT2D eigenvalue weighted by atomic mass is 9.93. The lowest BCUT2D eigenvalue weighted by Crippen LogP contribution is -2.33. The van der Waals surface area contributed by atoms with E-state index in [2.05, 4.69) is 0 Å². The van der Waals surface area contributed by atoms with E-state index in [0.29, 0.717) is 5.56 Å². The number of hydrogen-bond acceptors (Lipinski definition) is 4. The number of hydrogen-bond donors (Lipinski definition) is 2. The molecule has 0 aliphatic carbocycles. The summed E-state index contributed by atoms with van der Waals surface area (Å²) in [5.74, 6) is -2.90. The van der Waals surface area contributed by atoms with Crippen LogP contribution >= 0.6 is 0 Å². The van der Waals surface area contributed by atoms with Crippen molar-refractivity contribution < 1.29 is 24.6 Å². The maximum Gasteiger partial charge on any atom is 0.304 e. The number of carboxylic acids is 2. The Morgan fingerprint density at radius 1 is 1.09 bits per heavy atom. The highest BCUT2D eigenvalue weighted by Gasteiger charge is 2.24. The van der Waals surface area contributed by atoms with Gasteiger partial charge in [0.1, 0.15) is 0 Å². The zero-order chi connectivity index (χ0) is 16.7. The van der Waals surface area contributed by atoms with Crippen LogP contribution in [0.2, 0.25) is 0 Å². The number of aliphatic carboxylic acids is 2. The van der Waals surface area contributed by atoms with Gasteiger partial charge in [-0.1, -0.05) is 29.8 Å². The number of carbonyl (C=O) groups is 3. The topological polar surface area (TPSA) is 94.9 Å². The second-order valence-electron chi connectivity index (χ2n) is 5.43. The lowest BCUT2D eigenvalue weighted by Gasteiger charge is -2.21. The molecule has 1 aromatic rings. The van der Waals surface area contributed by atoms with Crippen LogP contribution in [0, 0.1) is 12.8 Å². The number of carboxylic acid groups (broad SMARTS) is 2. The standard InChI is InChI=1S/C16H21NO5/c1-11-3-5-12(6-4-11)16(22)13(9-15(20)21)10-17(2)8-7-14(18)19/h3-6,13H,7-10H2,1-2H3,(H,18,19)(H,20,21). The Labute approximate surface area is 129 Å². The van der Waals surface area contributed by atoms with E-state index in [-0.39, 0.29) is 31.7 Å². The molecule has 6 nitrogen and oxygen atoms in total. The molecule has 0 aromatic heterocycles. The fraction of sp³-hybridized carbons (Fsp3) is 0.438.